The molecule has 1 saturated carbocycles. The number of phenols is 4. The van der Waals surface area contributed by atoms with Gasteiger partial charge in [0, 0.05) is 25.0 Å². The Kier molecular flexibility index (Phi) is 8.05. The molecule has 1 aliphatic rings. The van der Waals surface area contributed by atoms with Gasteiger partial charge in [-0.3, -0.25) is 0 Å². The maximum absolute atomic E-state index is 12.4. The van der Waals surface area contributed by atoms with Gasteiger partial charge in [0.1, 0.15) is 6.10 Å². The first-order valence-corrected chi connectivity index (χ1v) is 10.8. The fourth-order valence-electron chi connectivity index (χ4n) is 3.66. The Hall–Kier alpha value is -4.55. The van der Waals surface area contributed by atoms with E-state index < -0.39 is 66.2 Å². The number of esters is 2. The monoisotopic (exact) mass is 516 g/mol. The van der Waals surface area contributed by atoms with Crippen LogP contribution >= 0.6 is 0 Å². The van der Waals surface area contributed by atoms with Crippen LogP contribution in [0.4, 0.5) is 0 Å². The van der Waals surface area contributed by atoms with Crippen molar-refractivity contribution in [2.24, 2.45) is 0 Å². The summed E-state index contributed by atoms with van der Waals surface area (Å²) in [6.45, 7) is 0. The number of carbonyl (C=O) groups is 3. The molecule has 37 heavy (non-hydrogen) atoms. The summed E-state index contributed by atoms with van der Waals surface area (Å²) >= 11 is 0. The minimum Gasteiger partial charge on any atom is -0.504 e. The summed E-state index contributed by atoms with van der Waals surface area (Å²) in [5.74, 6) is -5.29. The molecular formula is C25H24O12. The first-order valence-electron chi connectivity index (χ1n) is 10.8. The van der Waals surface area contributed by atoms with Crippen LogP contribution < -0.4 is 0 Å². The number of hydrogen-bond donors (Lipinski definition) is 7. The third-order valence-corrected chi connectivity index (χ3v) is 5.57. The minimum atomic E-state index is -2.46. The van der Waals surface area contributed by atoms with E-state index in [1.54, 1.807) is 0 Å². The standard InChI is InChI=1S/C25H24O12/c26-15-5-1-13(9-17(15)28)3-7-21(31)36-20-12-25(35,24(33)34)11-19(30)23(20)37-22(32)8-4-14-2-6-16(27)18(29)10-14/h1-10,19-20,23,26-30,35H,11-12H2,(H,33,34)/b7-3+,8-4+/t19?,20-,23-,25+/m0/s1. The van der Waals surface area contributed by atoms with E-state index in [-0.39, 0.29) is 11.5 Å². The largest absolute Gasteiger partial charge is 0.504 e. The van der Waals surface area contributed by atoms with Crippen molar-refractivity contribution in [3.8, 4) is 23.0 Å². The van der Waals surface area contributed by atoms with Crippen molar-refractivity contribution >= 4 is 30.1 Å². The van der Waals surface area contributed by atoms with Crippen LogP contribution in [0.3, 0.4) is 0 Å². The molecule has 0 saturated heterocycles. The molecule has 1 unspecified atom stereocenters. The summed E-state index contributed by atoms with van der Waals surface area (Å²) in [5.41, 5.74) is -1.82. The van der Waals surface area contributed by atoms with Crippen LogP contribution in [0.15, 0.2) is 48.6 Å². The molecule has 0 amide bonds. The molecule has 1 fully saturated rings. The van der Waals surface area contributed by atoms with Crippen molar-refractivity contribution in [1.29, 1.82) is 0 Å². The van der Waals surface area contributed by atoms with E-state index in [9.17, 15) is 50.1 Å². The van der Waals surface area contributed by atoms with Crippen molar-refractivity contribution in [2.45, 2.75) is 36.8 Å². The lowest BCUT2D eigenvalue weighted by Gasteiger charge is -2.40. The van der Waals surface area contributed by atoms with E-state index in [4.69, 9.17) is 9.47 Å². The quantitative estimate of drug-likeness (QED) is 0.156. The maximum atomic E-state index is 12.4. The number of rotatable bonds is 7. The second-order valence-electron chi connectivity index (χ2n) is 8.35. The number of carbonyl (C=O) groups excluding carboxylic acids is 2. The molecule has 12 heteroatoms. The molecule has 12 nitrogen and oxygen atoms in total. The van der Waals surface area contributed by atoms with Crippen LogP contribution in [-0.4, -0.2) is 77.6 Å². The van der Waals surface area contributed by atoms with Gasteiger partial charge in [-0.2, -0.15) is 0 Å². The fourth-order valence-corrected chi connectivity index (χ4v) is 3.66. The van der Waals surface area contributed by atoms with Gasteiger partial charge in [-0.25, -0.2) is 14.4 Å². The summed E-state index contributed by atoms with van der Waals surface area (Å²) in [6, 6.07) is 7.50. The average molecular weight is 516 g/mol. The summed E-state index contributed by atoms with van der Waals surface area (Å²) in [7, 11) is 0. The molecule has 2 aromatic carbocycles. The molecule has 196 valence electrons. The third-order valence-electron chi connectivity index (χ3n) is 5.57. The summed E-state index contributed by atoms with van der Waals surface area (Å²) in [6.07, 6.45) is -1.86. The smallest absolute Gasteiger partial charge is 0.335 e. The zero-order valence-corrected chi connectivity index (χ0v) is 19.1. The van der Waals surface area contributed by atoms with Gasteiger partial charge >= 0.3 is 17.9 Å². The van der Waals surface area contributed by atoms with Gasteiger partial charge in [0.05, 0.1) is 6.10 Å². The Balaban J connectivity index is 1.75. The SMILES string of the molecule is O=C(/C=C/c1ccc(O)c(O)c1)O[C@H]1C[C@@](O)(C(=O)O)CC(O)[C@@H]1OC(=O)/C=C/c1ccc(O)c(O)c1. The van der Waals surface area contributed by atoms with E-state index in [1.807, 2.05) is 0 Å². The van der Waals surface area contributed by atoms with Gasteiger partial charge in [-0.15, -0.1) is 0 Å². The van der Waals surface area contributed by atoms with Crippen LogP contribution in [0.5, 0.6) is 23.0 Å². The van der Waals surface area contributed by atoms with Gasteiger partial charge in [0.2, 0.25) is 0 Å². The van der Waals surface area contributed by atoms with Crippen molar-refractivity contribution in [3.63, 3.8) is 0 Å². The number of aliphatic carboxylic acids is 1. The van der Waals surface area contributed by atoms with Gasteiger partial charge < -0.3 is 45.2 Å². The third kappa shape index (κ3) is 6.78. The number of ether oxygens (including phenoxy) is 2. The molecule has 7 N–H and O–H groups in total. The molecule has 0 aliphatic heterocycles. The van der Waals surface area contributed by atoms with Crippen molar-refractivity contribution < 1.29 is 59.6 Å². The highest BCUT2D eigenvalue weighted by molar-refractivity contribution is 5.88. The molecule has 0 heterocycles. The Morgan fingerprint density at radius 1 is 0.784 bits per heavy atom. The Bertz CT molecular complexity index is 1250. The van der Waals surface area contributed by atoms with Gasteiger partial charge in [0.25, 0.3) is 0 Å². The fraction of sp³-hybridized carbons (Fsp3) is 0.240. The van der Waals surface area contributed by atoms with Gasteiger partial charge in [-0.1, -0.05) is 12.1 Å². The predicted octanol–water partition coefficient (Wildman–Crippen LogP) is 1.03. The van der Waals surface area contributed by atoms with Crippen molar-refractivity contribution in [1.82, 2.24) is 0 Å². The lowest BCUT2D eigenvalue weighted by Crippen LogP contribution is -2.58. The minimum absolute atomic E-state index is 0.311. The molecule has 0 aromatic heterocycles. The van der Waals surface area contributed by atoms with Crippen molar-refractivity contribution in [2.75, 3.05) is 0 Å². The van der Waals surface area contributed by atoms with Gasteiger partial charge in [0.15, 0.2) is 34.7 Å². The average Bonchev–Trinajstić information content (AvgIpc) is 2.82. The number of aliphatic hydroxyl groups is 2. The lowest BCUT2D eigenvalue weighted by molar-refractivity contribution is -0.204. The summed E-state index contributed by atoms with van der Waals surface area (Å²) < 4.78 is 10.4. The Labute approximate surface area is 209 Å². The molecule has 3 rings (SSSR count). The molecule has 2 aromatic rings. The van der Waals surface area contributed by atoms with E-state index >= 15 is 0 Å². The number of carboxylic acids is 1. The van der Waals surface area contributed by atoms with Gasteiger partial charge in [-0.05, 0) is 47.5 Å². The number of hydrogen-bond acceptors (Lipinski definition) is 11. The second-order valence-corrected chi connectivity index (χ2v) is 8.35. The zero-order chi connectivity index (χ0) is 27.3. The van der Waals surface area contributed by atoms with E-state index in [1.165, 1.54) is 42.5 Å². The first kappa shape index (κ1) is 27.0. The normalized spacial score (nSPS) is 23.7. The van der Waals surface area contributed by atoms with Crippen LogP contribution in [0.1, 0.15) is 24.0 Å². The van der Waals surface area contributed by atoms with Crippen LogP contribution in [-0.2, 0) is 23.9 Å². The Morgan fingerprint density at radius 2 is 1.27 bits per heavy atom. The zero-order valence-electron chi connectivity index (χ0n) is 19.1. The molecule has 0 spiro atoms. The highest BCUT2D eigenvalue weighted by Crippen LogP contribution is 2.33. The van der Waals surface area contributed by atoms with Crippen molar-refractivity contribution in [3.05, 3.63) is 59.7 Å². The molecule has 0 bridgehead atoms. The number of benzene rings is 2. The van der Waals surface area contributed by atoms with E-state index in [0.717, 1.165) is 18.2 Å². The number of carboxylic acid groups (broad SMARTS) is 1. The number of aliphatic hydroxyl groups excluding tert-OH is 1. The van der Waals surface area contributed by atoms with Crippen LogP contribution in [0.25, 0.3) is 12.2 Å². The van der Waals surface area contributed by atoms with E-state index in [0.29, 0.717) is 11.1 Å². The van der Waals surface area contributed by atoms with Crippen LogP contribution in [0.2, 0.25) is 0 Å². The molecule has 0 radical (unpaired) electrons. The summed E-state index contributed by atoms with van der Waals surface area (Å²) in [4.78, 5) is 36.3. The predicted molar refractivity (Wildman–Crippen MR) is 125 cm³/mol. The van der Waals surface area contributed by atoms with E-state index in [2.05, 4.69) is 0 Å². The number of phenolic OH excluding ortho intramolecular Hbond substituents is 4. The summed E-state index contributed by atoms with van der Waals surface area (Å²) in [5, 5.41) is 68.0. The molecule has 4 atom stereocenters. The highest BCUT2D eigenvalue weighted by Gasteiger charge is 2.52. The highest BCUT2D eigenvalue weighted by atomic mass is 16.6. The number of aromatic hydroxyl groups is 4. The van der Waals surface area contributed by atoms with Crippen LogP contribution in [0, 0.1) is 0 Å². The lowest BCUT2D eigenvalue weighted by atomic mass is 9.79. The maximum Gasteiger partial charge on any atom is 0.335 e. The topological polar surface area (TPSA) is 211 Å². The molecular weight excluding hydrogens is 492 g/mol. The second kappa shape index (κ2) is 11.0. The Morgan fingerprint density at radius 3 is 1.73 bits per heavy atom. The molecule has 1 aliphatic carbocycles. The first-order chi connectivity index (χ1) is 17.4.